The minimum absolute atomic E-state index is 0.124. The second kappa shape index (κ2) is 5.96. The molecule has 0 aliphatic rings. The maximum Gasteiger partial charge on any atom is 0.233 e. The van der Waals surface area contributed by atoms with E-state index >= 15 is 0 Å². The largest absolute Gasteiger partial charge is 0.309 e. The topological polar surface area (TPSA) is 72.7 Å². The monoisotopic (exact) mass is 279 g/mol. The summed E-state index contributed by atoms with van der Waals surface area (Å²) in [5, 5.41) is 7.04. The fraction of sp³-hybridized carbons (Fsp3) is 0.0667. The molecule has 0 unspecified atom stereocenters. The van der Waals surface area contributed by atoms with E-state index in [0.717, 1.165) is 5.69 Å². The van der Waals surface area contributed by atoms with Crippen LogP contribution in [0.3, 0.4) is 0 Å². The Bertz CT molecular complexity index is 724. The zero-order valence-electron chi connectivity index (χ0n) is 11.2. The van der Waals surface area contributed by atoms with Gasteiger partial charge in [-0.2, -0.15) is 5.10 Å². The Morgan fingerprint density at radius 1 is 1.05 bits per heavy atom. The van der Waals surface area contributed by atoms with E-state index in [1.165, 1.54) is 0 Å². The number of carbonyl (C=O) groups excluding carboxylic acids is 1. The molecule has 0 radical (unpaired) electrons. The molecule has 21 heavy (non-hydrogen) atoms. The van der Waals surface area contributed by atoms with Crippen molar-refractivity contribution < 1.29 is 4.79 Å². The number of hydrogen-bond donors (Lipinski definition) is 1. The van der Waals surface area contributed by atoms with Gasteiger partial charge in [0.05, 0.1) is 12.1 Å². The Hall–Kier alpha value is -3.02. The maximum atomic E-state index is 11.9. The summed E-state index contributed by atoms with van der Waals surface area (Å²) in [6.45, 7) is 0. The zero-order chi connectivity index (χ0) is 14.5. The first kappa shape index (κ1) is 13.0. The first-order valence-electron chi connectivity index (χ1n) is 6.48. The predicted octanol–water partition coefficient (Wildman–Crippen LogP) is 1.84. The summed E-state index contributed by atoms with van der Waals surface area (Å²) in [6, 6.07) is 13.1. The smallest absolute Gasteiger partial charge is 0.233 e. The highest BCUT2D eigenvalue weighted by atomic mass is 16.1. The summed E-state index contributed by atoms with van der Waals surface area (Å²) < 4.78 is 1.70. The molecule has 0 spiro atoms. The van der Waals surface area contributed by atoms with Crippen LogP contribution >= 0.6 is 0 Å². The molecular formula is C15H13N5O. The van der Waals surface area contributed by atoms with E-state index in [1.54, 1.807) is 35.4 Å². The molecule has 3 aromatic rings. The van der Waals surface area contributed by atoms with Crippen molar-refractivity contribution in [2.45, 2.75) is 6.42 Å². The number of amides is 1. The number of anilines is 1. The first-order valence-corrected chi connectivity index (χ1v) is 6.48. The van der Waals surface area contributed by atoms with Gasteiger partial charge in [0.1, 0.15) is 5.82 Å². The van der Waals surface area contributed by atoms with Crippen molar-refractivity contribution >= 4 is 11.7 Å². The molecule has 1 N–H and O–H groups in total. The second-order valence-corrected chi connectivity index (χ2v) is 4.37. The van der Waals surface area contributed by atoms with E-state index in [4.69, 9.17) is 0 Å². The molecule has 1 aromatic carbocycles. The lowest BCUT2D eigenvalue weighted by Crippen LogP contribution is -2.16. The number of rotatable bonds is 4. The van der Waals surface area contributed by atoms with E-state index in [2.05, 4.69) is 20.4 Å². The zero-order valence-corrected chi connectivity index (χ0v) is 11.2. The van der Waals surface area contributed by atoms with Crippen molar-refractivity contribution in [3.63, 3.8) is 0 Å². The van der Waals surface area contributed by atoms with Crippen LogP contribution in [0, 0.1) is 0 Å². The first-order chi connectivity index (χ1) is 10.3. The number of nitrogens with zero attached hydrogens (tertiary/aromatic N) is 4. The van der Waals surface area contributed by atoms with Crippen LogP contribution in [0.25, 0.3) is 5.69 Å². The van der Waals surface area contributed by atoms with E-state index in [0.29, 0.717) is 11.6 Å². The van der Waals surface area contributed by atoms with Crippen molar-refractivity contribution in [3.8, 4) is 5.69 Å². The summed E-state index contributed by atoms with van der Waals surface area (Å²) in [5.74, 6) is 0.789. The maximum absolute atomic E-state index is 11.9. The molecular weight excluding hydrogens is 266 g/mol. The second-order valence-electron chi connectivity index (χ2n) is 4.37. The highest BCUT2D eigenvalue weighted by molar-refractivity contribution is 5.90. The third kappa shape index (κ3) is 3.30. The number of aromatic nitrogens is 4. The van der Waals surface area contributed by atoms with Gasteiger partial charge in [-0.25, -0.2) is 14.6 Å². The minimum atomic E-state index is -0.195. The SMILES string of the molecule is O=C(Cc1ncccn1)Nc1ccn(-c2ccccc2)n1. The van der Waals surface area contributed by atoms with Gasteiger partial charge in [-0.15, -0.1) is 0 Å². The van der Waals surface area contributed by atoms with Gasteiger partial charge in [-0.1, -0.05) is 18.2 Å². The standard InChI is InChI=1S/C15H13N5O/c21-15(11-14-16-8-4-9-17-14)18-13-7-10-20(19-13)12-5-2-1-3-6-12/h1-10H,11H2,(H,18,19,21). The Balaban J connectivity index is 1.66. The molecule has 104 valence electrons. The molecule has 0 saturated heterocycles. The molecule has 6 nitrogen and oxygen atoms in total. The number of carbonyl (C=O) groups is 1. The van der Waals surface area contributed by atoms with Gasteiger partial charge in [0.2, 0.25) is 5.91 Å². The number of para-hydroxylation sites is 1. The Labute approximate surface area is 121 Å². The van der Waals surface area contributed by atoms with Crippen molar-refractivity contribution in [1.29, 1.82) is 0 Å². The van der Waals surface area contributed by atoms with Gasteiger partial charge >= 0.3 is 0 Å². The Kier molecular flexibility index (Phi) is 3.68. The molecule has 0 bridgehead atoms. The quantitative estimate of drug-likeness (QED) is 0.791. The molecule has 0 atom stereocenters. The molecule has 3 rings (SSSR count). The summed E-state index contributed by atoms with van der Waals surface area (Å²) in [7, 11) is 0. The fourth-order valence-electron chi connectivity index (χ4n) is 1.87. The van der Waals surface area contributed by atoms with E-state index in [1.807, 2.05) is 30.3 Å². The number of hydrogen-bond acceptors (Lipinski definition) is 4. The van der Waals surface area contributed by atoms with Gasteiger partial charge in [-0.3, -0.25) is 4.79 Å². The summed E-state index contributed by atoms with van der Waals surface area (Å²) >= 11 is 0. The Morgan fingerprint density at radius 3 is 2.57 bits per heavy atom. The van der Waals surface area contributed by atoms with Crippen molar-refractivity contribution in [2.24, 2.45) is 0 Å². The predicted molar refractivity (Wildman–Crippen MR) is 77.9 cm³/mol. The van der Waals surface area contributed by atoms with Crippen molar-refractivity contribution in [3.05, 3.63) is 66.9 Å². The van der Waals surface area contributed by atoms with Gasteiger partial charge in [0.25, 0.3) is 0 Å². The van der Waals surface area contributed by atoms with Crippen LogP contribution in [0.15, 0.2) is 61.1 Å². The average molecular weight is 279 g/mol. The van der Waals surface area contributed by atoms with Crippen LogP contribution in [-0.4, -0.2) is 25.7 Å². The van der Waals surface area contributed by atoms with Gasteiger partial charge in [0.15, 0.2) is 5.82 Å². The molecule has 0 saturated carbocycles. The third-order valence-electron chi connectivity index (χ3n) is 2.82. The van der Waals surface area contributed by atoms with Crippen LogP contribution in [0.5, 0.6) is 0 Å². The van der Waals surface area contributed by atoms with Crippen LogP contribution in [-0.2, 0) is 11.2 Å². The highest BCUT2D eigenvalue weighted by Crippen LogP contribution is 2.10. The molecule has 6 heteroatoms. The van der Waals surface area contributed by atoms with E-state index in [9.17, 15) is 4.79 Å². The lowest BCUT2D eigenvalue weighted by molar-refractivity contribution is -0.115. The molecule has 0 aliphatic heterocycles. The fourth-order valence-corrected chi connectivity index (χ4v) is 1.87. The minimum Gasteiger partial charge on any atom is -0.309 e. The Morgan fingerprint density at radius 2 is 1.81 bits per heavy atom. The van der Waals surface area contributed by atoms with Gasteiger partial charge in [0, 0.05) is 24.7 Å². The van der Waals surface area contributed by atoms with Gasteiger partial charge in [-0.05, 0) is 18.2 Å². The molecule has 1 amide bonds. The highest BCUT2D eigenvalue weighted by Gasteiger charge is 2.08. The summed E-state index contributed by atoms with van der Waals surface area (Å²) in [5.41, 5.74) is 0.935. The molecule has 2 aromatic heterocycles. The summed E-state index contributed by atoms with van der Waals surface area (Å²) in [6.07, 6.45) is 5.14. The van der Waals surface area contributed by atoms with Crippen LogP contribution in [0.2, 0.25) is 0 Å². The van der Waals surface area contributed by atoms with Crippen molar-refractivity contribution in [1.82, 2.24) is 19.7 Å². The third-order valence-corrected chi connectivity index (χ3v) is 2.82. The van der Waals surface area contributed by atoms with Crippen molar-refractivity contribution in [2.75, 3.05) is 5.32 Å². The lowest BCUT2D eigenvalue weighted by atomic mass is 10.3. The average Bonchev–Trinajstić information content (AvgIpc) is 2.97. The summed E-state index contributed by atoms with van der Waals surface area (Å²) in [4.78, 5) is 19.9. The van der Waals surface area contributed by atoms with Crippen LogP contribution in [0.1, 0.15) is 5.82 Å². The van der Waals surface area contributed by atoms with E-state index in [-0.39, 0.29) is 12.3 Å². The number of nitrogens with one attached hydrogen (secondary N) is 1. The van der Waals surface area contributed by atoms with Gasteiger partial charge < -0.3 is 5.32 Å². The molecule has 0 aliphatic carbocycles. The normalized spacial score (nSPS) is 10.3. The molecule has 0 fully saturated rings. The van der Waals surface area contributed by atoms with Crippen LogP contribution in [0.4, 0.5) is 5.82 Å². The number of benzene rings is 1. The van der Waals surface area contributed by atoms with Crippen LogP contribution < -0.4 is 5.32 Å². The lowest BCUT2D eigenvalue weighted by Gasteiger charge is -2.02. The van der Waals surface area contributed by atoms with E-state index < -0.39 is 0 Å². The molecule has 2 heterocycles.